The summed E-state index contributed by atoms with van der Waals surface area (Å²) < 4.78 is 6.58. The van der Waals surface area contributed by atoms with E-state index in [0.29, 0.717) is 21.5 Å². The van der Waals surface area contributed by atoms with Crippen molar-refractivity contribution in [3.8, 4) is 5.75 Å². The predicted molar refractivity (Wildman–Crippen MR) is 131 cm³/mol. The molecule has 1 aliphatic heterocycles. The van der Waals surface area contributed by atoms with Crippen molar-refractivity contribution in [2.24, 2.45) is 5.73 Å². The summed E-state index contributed by atoms with van der Waals surface area (Å²) in [6.45, 7) is 5.51. The number of carbonyl (C=O) groups excluding carboxylic acids is 1. The molecule has 1 amide bonds. The molecule has 0 saturated carbocycles. The molecule has 2 aliphatic rings. The number of halogens is 2. The maximum atomic E-state index is 11.5. The van der Waals surface area contributed by atoms with E-state index in [2.05, 4.69) is 17.1 Å². The quantitative estimate of drug-likeness (QED) is 0.571. The molecule has 3 atom stereocenters. The number of piperidine rings is 1. The predicted octanol–water partition coefficient (Wildman–Crippen LogP) is 5.59. The molecular formula is C25H31Cl2N3O2. The van der Waals surface area contributed by atoms with Gasteiger partial charge in [0.05, 0.1) is 6.04 Å². The second-order valence-electron chi connectivity index (χ2n) is 9.16. The van der Waals surface area contributed by atoms with Crippen molar-refractivity contribution >= 4 is 34.8 Å². The topological polar surface area (TPSA) is 67.6 Å². The van der Waals surface area contributed by atoms with Crippen LogP contribution >= 0.6 is 23.2 Å². The Bertz CT molecular complexity index is 995. The van der Waals surface area contributed by atoms with Gasteiger partial charge in [-0.3, -0.25) is 9.69 Å². The fourth-order valence-electron chi connectivity index (χ4n) is 5.26. The number of benzene rings is 2. The summed E-state index contributed by atoms with van der Waals surface area (Å²) in [6, 6.07) is 11.4. The number of nitrogens with zero attached hydrogens (tertiary/aromatic N) is 1. The van der Waals surface area contributed by atoms with Crippen LogP contribution in [-0.4, -0.2) is 35.5 Å². The highest BCUT2D eigenvalue weighted by Crippen LogP contribution is 2.44. The Balaban J connectivity index is 1.66. The number of ether oxygens (including phenoxy) is 1. The van der Waals surface area contributed by atoms with Crippen molar-refractivity contribution in [3.63, 3.8) is 0 Å². The normalized spacial score (nSPS) is 25.4. The van der Waals surface area contributed by atoms with E-state index >= 15 is 0 Å². The van der Waals surface area contributed by atoms with Crippen LogP contribution in [-0.2, 0) is 11.2 Å². The van der Waals surface area contributed by atoms with E-state index in [1.807, 2.05) is 30.3 Å². The number of anilines is 1. The Hall–Kier alpha value is -1.79. The number of amides is 1. The van der Waals surface area contributed by atoms with Gasteiger partial charge in [-0.2, -0.15) is 0 Å². The Morgan fingerprint density at radius 3 is 2.88 bits per heavy atom. The monoisotopic (exact) mass is 475 g/mol. The van der Waals surface area contributed by atoms with Gasteiger partial charge in [0.15, 0.2) is 0 Å². The number of hydrogen-bond acceptors (Lipinski definition) is 4. The molecule has 172 valence electrons. The van der Waals surface area contributed by atoms with Gasteiger partial charge in [-0.15, -0.1) is 0 Å². The van der Waals surface area contributed by atoms with E-state index in [1.54, 1.807) is 6.07 Å². The SMILES string of the molecule is CCC[C@]1(N)CCCN([C@H]2Cc3c(Cl)cc(Cl)cc3[C@@H]2Oc2cccc(NC(C)=O)c2)C1. The van der Waals surface area contributed by atoms with E-state index < -0.39 is 0 Å². The Labute approximate surface area is 200 Å². The van der Waals surface area contributed by atoms with Gasteiger partial charge in [0, 0.05) is 46.4 Å². The lowest BCUT2D eigenvalue weighted by Gasteiger charge is -2.44. The molecule has 1 aliphatic carbocycles. The lowest BCUT2D eigenvalue weighted by molar-refractivity contribution is -0.114. The minimum Gasteiger partial charge on any atom is -0.484 e. The van der Waals surface area contributed by atoms with Crippen molar-refractivity contribution in [1.29, 1.82) is 0 Å². The van der Waals surface area contributed by atoms with E-state index in [0.717, 1.165) is 56.3 Å². The van der Waals surface area contributed by atoms with E-state index in [-0.39, 0.29) is 23.6 Å². The van der Waals surface area contributed by atoms with Crippen LogP contribution in [0.4, 0.5) is 5.69 Å². The minimum atomic E-state index is -0.224. The third kappa shape index (κ3) is 5.07. The van der Waals surface area contributed by atoms with Crippen LogP contribution in [0.3, 0.4) is 0 Å². The van der Waals surface area contributed by atoms with Crippen LogP contribution in [0.1, 0.15) is 56.8 Å². The molecule has 32 heavy (non-hydrogen) atoms. The van der Waals surface area contributed by atoms with Crippen LogP contribution in [0.2, 0.25) is 10.0 Å². The van der Waals surface area contributed by atoms with Crippen molar-refractivity contribution in [2.45, 2.75) is 63.6 Å². The van der Waals surface area contributed by atoms with E-state index in [9.17, 15) is 4.79 Å². The Morgan fingerprint density at radius 1 is 1.31 bits per heavy atom. The number of nitrogens with one attached hydrogen (secondary N) is 1. The third-order valence-corrected chi connectivity index (χ3v) is 7.09. The van der Waals surface area contributed by atoms with E-state index in [1.165, 1.54) is 6.92 Å². The Morgan fingerprint density at radius 2 is 2.12 bits per heavy atom. The van der Waals surface area contributed by atoms with Gasteiger partial charge in [0.2, 0.25) is 5.91 Å². The van der Waals surface area contributed by atoms with Gasteiger partial charge < -0.3 is 15.8 Å². The molecule has 1 fully saturated rings. The average Bonchev–Trinajstić information content (AvgIpc) is 3.06. The number of carbonyl (C=O) groups is 1. The molecular weight excluding hydrogens is 445 g/mol. The lowest BCUT2D eigenvalue weighted by atomic mass is 9.85. The molecule has 0 bridgehead atoms. The highest BCUT2D eigenvalue weighted by atomic mass is 35.5. The smallest absolute Gasteiger partial charge is 0.221 e. The molecule has 5 nitrogen and oxygen atoms in total. The van der Waals surface area contributed by atoms with Gasteiger partial charge in [-0.1, -0.05) is 42.6 Å². The summed E-state index contributed by atoms with van der Waals surface area (Å²) in [5.41, 5.74) is 9.44. The molecule has 4 rings (SSSR count). The molecule has 2 aromatic carbocycles. The third-order valence-electron chi connectivity index (χ3n) is 6.54. The van der Waals surface area contributed by atoms with Crippen molar-refractivity contribution in [3.05, 3.63) is 57.6 Å². The Kier molecular flexibility index (Phi) is 7.01. The minimum absolute atomic E-state index is 0.116. The van der Waals surface area contributed by atoms with Gasteiger partial charge in [0.25, 0.3) is 0 Å². The number of rotatable bonds is 6. The maximum Gasteiger partial charge on any atom is 0.221 e. The summed E-state index contributed by atoms with van der Waals surface area (Å²) in [5, 5.41) is 4.10. The summed E-state index contributed by atoms with van der Waals surface area (Å²) >= 11 is 13.0. The summed E-state index contributed by atoms with van der Waals surface area (Å²) in [4.78, 5) is 14.0. The van der Waals surface area contributed by atoms with Crippen molar-refractivity contribution in [1.82, 2.24) is 4.90 Å². The molecule has 7 heteroatoms. The van der Waals surface area contributed by atoms with E-state index in [4.69, 9.17) is 33.7 Å². The second kappa shape index (κ2) is 9.60. The van der Waals surface area contributed by atoms with Gasteiger partial charge in [0.1, 0.15) is 11.9 Å². The standard InChI is InChI=1S/C25H31Cl2N3O2/c1-3-8-25(28)9-5-10-30(15-25)23-14-20-21(11-17(26)12-22(20)27)24(23)32-19-7-4-6-18(13-19)29-16(2)31/h4,6-7,11-13,23-24H,3,5,8-10,14-15,28H2,1-2H3,(H,29,31)/t23-,24-,25-/m0/s1. The van der Waals surface area contributed by atoms with Crippen molar-refractivity contribution in [2.75, 3.05) is 18.4 Å². The first-order chi connectivity index (χ1) is 15.3. The molecule has 2 aromatic rings. The highest BCUT2D eigenvalue weighted by Gasteiger charge is 2.43. The molecule has 0 radical (unpaired) electrons. The number of fused-ring (bicyclic) bond motifs is 1. The van der Waals surface area contributed by atoms with Gasteiger partial charge >= 0.3 is 0 Å². The number of hydrogen-bond donors (Lipinski definition) is 2. The van der Waals surface area contributed by atoms with Crippen LogP contribution in [0.5, 0.6) is 5.75 Å². The summed E-state index contributed by atoms with van der Waals surface area (Å²) in [5.74, 6) is 0.577. The molecule has 0 spiro atoms. The largest absolute Gasteiger partial charge is 0.484 e. The fraction of sp³-hybridized carbons (Fsp3) is 0.480. The maximum absolute atomic E-state index is 11.5. The second-order valence-corrected chi connectivity index (χ2v) is 10.0. The molecule has 1 saturated heterocycles. The van der Waals surface area contributed by atoms with Crippen LogP contribution in [0, 0.1) is 0 Å². The van der Waals surface area contributed by atoms with Gasteiger partial charge in [-0.25, -0.2) is 0 Å². The van der Waals surface area contributed by atoms with Gasteiger partial charge in [-0.05, 0) is 62.1 Å². The van der Waals surface area contributed by atoms with Crippen LogP contribution in [0.15, 0.2) is 36.4 Å². The zero-order chi connectivity index (χ0) is 22.9. The lowest BCUT2D eigenvalue weighted by Crippen LogP contribution is -2.57. The summed E-state index contributed by atoms with van der Waals surface area (Å²) in [6.07, 6.45) is 4.78. The molecule has 0 unspecified atom stereocenters. The first kappa shape index (κ1) is 23.4. The van der Waals surface area contributed by atoms with Crippen LogP contribution < -0.4 is 15.8 Å². The molecule has 1 heterocycles. The molecule has 0 aromatic heterocycles. The summed E-state index contributed by atoms with van der Waals surface area (Å²) in [7, 11) is 0. The fourth-order valence-corrected chi connectivity index (χ4v) is 5.84. The number of likely N-dealkylation sites (tertiary alicyclic amines) is 1. The van der Waals surface area contributed by atoms with Crippen molar-refractivity contribution < 1.29 is 9.53 Å². The van der Waals surface area contributed by atoms with Crippen LogP contribution in [0.25, 0.3) is 0 Å². The highest BCUT2D eigenvalue weighted by molar-refractivity contribution is 6.35. The zero-order valence-corrected chi connectivity index (χ0v) is 20.2. The number of nitrogens with two attached hydrogens (primary N) is 1. The first-order valence-corrected chi connectivity index (χ1v) is 12.1. The zero-order valence-electron chi connectivity index (χ0n) is 18.7. The molecule has 3 N–H and O–H groups in total. The average molecular weight is 476 g/mol. The first-order valence-electron chi connectivity index (χ1n) is 11.3.